The van der Waals surface area contributed by atoms with Crippen LogP contribution in [0.4, 0.5) is 13.2 Å². The van der Waals surface area contributed by atoms with E-state index in [1.165, 1.54) is 12.1 Å². The highest BCUT2D eigenvalue weighted by Crippen LogP contribution is 2.34. The Bertz CT molecular complexity index is 1240. The molecule has 4 heterocycles. The fourth-order valence-electron chi connectivity index (χ4n) is 4.93. The number of hydrogen-bond acceptors (Lipinski definition) is 6. The van der Waals surface area contributed by atoms with Crippen LogP contribution in [0.25, 0.3) is 11.2 Å². The predicted molar refractivity (Wildman–Crippen MR) is 133 cm³/mol. The molecule has 1 amide bonds. The molecule has 0 unspecified atom stereocenters. The number of fused-ring (bicyclic) bond motifs is 1. The number of carbonyl (C=O) groups excluding carboxylic acids is 1. The topological polar surface area (TPSA) is 92.4 Å². The summed E-state index contributed by atoms with van der Waals surface area (Å²) in [5, 5.41) is 3.39. The third-order valence-corrected chi connectivity index (χ3v) is 6.64. The van der Waals surface area contributed by atoms with Gasteiger partial charge in [-0.05, 0) is 68.5 Å². The van der Waals surface area contributed by atoms with Gasteiger partial charge in [-0.3, -0.25) is 4.79 Å². The number of halogens is 4. The standard InChI is InChI=1S/C25H28F3N5O3.ClH/c1-24(2)14-29-13-19(36-24)21-31-20-18(7-10-30-22(20)32-21)15-8-11-33(12-9-15)23(34)16-3-5-17(6-4-16)35-25(26,27)28;/h3-7,10,15,19,29H,8-9,11-14H2,1-2H3,(H,30,31,32);1H/t19-;/m0./s1. The summed E-state index contributed by atoms with van der Waals surface area (Å²) in [6.07, 6.45) is -1.69. The Morgan fingerprint density at radius 3 is 2.51 bits per heavy atom. The van der Waals surface area contributed by atoms with Gasteiger partial charge in [-0.15, -0.1) is 25.6 Å². The fraction of sp³-hybridized carbons (Fsp3) is 0.480. The third kappa shape index (κ3) is 6.16. The second-order valence-corrected chi connectivity index (χ2v) is 9.86. The van der Waals surface area contributed by atoms with Crippen LogP contribution in [0.5, 0.6) is 5.75 Å². The van der Waals surface area contributed by atoms with Gasteiger partial charge in [0, 0.05) is 37.9 Å². The number of carbonyl (C=O) groups is 1. The van der Waals surface area contributed by atoms with Gasteiger partial charge >= 0.3 is 6.36 Å². The number of H-pyrrole nitrogens is 1. The molecule has 2 N–H and O–H groups in total. The van der Waals surface area contributed by atoms with Crippen molar-refractivity contribution in [2.24, 2.45) is 0 Å². The number of hydrogen-bond donors (Lipinski definition) is 2. The molecule has 0 saturated carbocycles. The van der Waals surface area contributed by atoms with E-state index in [2.05, 4.69) is 20.0 Å². The number of pyridine rings is 1. The molecule has 1 aromatic carbocycles. The number of aromatic nitrogens is 3. The van der Waals surface area contributed by atoms with E-state index in [4.69, 9.17) is 9.72 Å². The van der Waals surface area contributed by atoms with Gasteiger partial charge in [0.1, 0.15) is 23.2 Å². The van der Waals surface area contributed by atoms with Crippen molar-refractivity contribution in [1.29, 1.82) is 0 Å². The molecule has 2 fully saturated rings. The number of rotatable bonds is 4. The average molecular weight is 540 g/mol. The second kappa shape index (κ2) is 10.5. The van der Waals surface area contributed by atoms with E-state index in [1.54, 1.807) is 11.1 Å². The van der Waals surface area contributed by atoms with Crippen LogP contribution in [0.2, 0.25) is 0 Å². The Kier molecular flexibility index (Phi) is 7.68. The molecule has 200 valence electrons. The van der Waals surface area contributed by atoms with Gasteiger partial charge in [-0.1, -0.05) is 0 Å². The quantitative estimate of drug-likeness (QED) is 0.498. The first-order chi connectivity index (χ1) is 17.1. The first-order valence-electron chi connectivity index (χ1n) is 12.0. The monoisotopic (exact) mass is 539 g/mol. The summed E-state index contributed by atoms with van der Waals surface area (Å²) in [7, 11) is 0. The van der Waals surface area contributed by atoms with Gasteiger partial charge in [-0.2, -0.15) is 0 Å². The van der Waals surface area contributed by atoms with Crippen molar-refractivity contribution < 1.29 is 27.4 Å². The number of imidazole rings is 1. The van der Waals surface area contributed by atoms with E-state index < -0.39 is 6.36 Å². The Morgan fingerprint density at radius 2 is 1.86 bits per heavy atom. The van der Waals surface area contributed by atoms with E-state index in [1.807, 2.05) is 19.9 Å². The van der Waals surface area contributed by atoms with Crippen LogP contribution >= 0.6 is 12.4 Å². The molecule has 2 aromatic heterocycles. The Balaban J connectivity index is 0.00000320. The van der Waals surface area contributed by atoms with E-state index >= 15 is 0 Å². The van der Waals surface area contributed by atoms with Crippen molar-refractivity contribution in [3.05, 3.63) is 53.5 Å². The number of morpholine rings is 1. The van der Waals surface area contributed by atoms with Crippen LogP contribution in [0.1, 0.15) is 60.5 Å². The lowest BCUT2D eigenvalue weighted by Gasteiger charge is -2.35. The van der Waals surface area contributed by atoms with Gasteiger partial charge in [-0.25, -0.2) is 9.97 Å². The number of aromatic amines is 1. The van der Waals surface area contributed by atoms with Crippen molar-refractivity contribution in [2.75, 3.05) is 26.2 Å². The zero-order chi connectivity index (χ0) is 25.5. The highest BCUT2D eigenvalue weighted by Gasteiger charge is 2.33. The molecule has 3 aromatic rings. The van der Waals surface area contributed by atoms with Crippen LogP contribution in [0.15, 0.2) is 36.5 Å². The van der Waals surface area contributed by atoms with Crippen LogP contribution < -0.4 is 10.1 Å². The highest BCUT2D eigenvalue weighted by atomic mass is 35.5. The molecule has 2 saturated heterocycles. The maximum Gasteiger partial charge on any atom is 0.573 e. The smallest absolute Gasteiger partial charge is 0.406 e. The maximum atomic E-state index is 12.9. The fourth-order valence-corrected chi connectivity index (χ4v) is 4.93. The SMILES string of the molecule is CC1(C)CNC[C@@H](c2nc3c(C4CCN(C(=O)c5ccc(OC(F)(F)F)cc5)CC4)ccnc3[nH]2)O1.Cl. The summed E-state index contributed by atoms with van der Waals surface area (Å²) in [6, 6.07) is 7.01. The highest BCUT2D eigenvalue weighted by molar-refractivity contribution is 5.94. The van der Waals surface area contributed by atoms with Crippen LogP contribution in [-0.4, -0.2) is 63.9 Å². The molecule has 0 radical (unpaired) electrons. The second-order valence-electron chi connectivity index (χ2n) is 9.86. The lowest BCUT2D eigenvalue weighted by atomic mass is 9.89. The number of alkyl halides is 3. The van der Waals surface area contributed by atoms with Crippen molar-refractivity contribution in [3.8, 4) is 5.75 Å². The molecular formula is C25H29ClF3N5O3. The van der Waals surface area contributed by atoms with Gasteiger partial charge in [0.25, 0.3) is 5.91 Å². The minimum absolute atomic E-state index is 0. The number of likely N-dealkylation sites (tertiary alicyclic amines) is 1. The largest absolute Gasteiger partial charge is 0.573 e. The van der Waals surface area contributed by atoms with E-state index in [-0.39, 0.29) is 41.7 Å². The summed E-state index contributed by atoms with van der Waals surface area (Å²) in [6.45, 7) is 6.60. The molecule has 8 nitrogen and oxygen atoms in total. The number of piperidine rings is 1. The van der Waals surface area contributed by atoms with E-state index in [9.17, 15) is 18.0 Å². The molecule has 0 spiro atoms. The third-order valence-electron chi connectivity index (χ3n) is 6.64. The minimum Gasteiger partial charge on any atom is -0.406 e. The summed E-state index contributed by atoms with van der Waals surface area (Å²) >= 11 is 0. The molecule has 1 atom stereocenters. The number of nitrogens with zero attached hydrogens (tertiary/aromatic N) is 3. The van der Waals surface area contributed by atoms with E-state index in [0.717, 1.165) is 48.4 Å². The molecular weight excluding hydrogens is 511 g/mol. The minimum atomic E-state index is -4.77. The maximum absolute atomic E-state index is 12.9. The molecule has 0 bridgehead atoms. The molecule has 37 heavy (non-hydrogen) atoms. The molecule has 5 rings (SSSR count). The summed E-state index contributed by atoms with van der Waals surface area (Å²) < 4.78 is 47.2. The lowest BCUT2D eigenvalue weighted by molar-refractivity contribution is -0.274. The summed E-state index contributed by atoms with van der Waals surface area (Å²) in [5.41, 5.74) is 2.67. The van der Waals surface area contributed by atoms with Crippen molar-refractivity contribution in [3.63, 3.8) is 0 Å². The molecule has 0 aliphatic carbocycles. The first kappa shape index (κ1) is 27.2. The lowest BCUT2D eigenvalue weighted by Crippen LogP contribution is -2.47. The van der Waals surface area contributed by atoms with Crippen LogP contribution in [0.3, 0.4) is 0 Å². The van der Waals surface area contributed by atoms with E-state index in [0.29, 0.717) is 30.8 Å². The Morgan fingerprint density at radius 1 is 1.16 bits per heavy atom. The van der Waals surface area contributed by atoms with Gasteiger partial charge in [0.2, 0.25) is 0 Å². The number of benzene rings is 1. The van der Waals surface area contributed by atoms with Crippen LogP contribution in [0, 0.1) is 0 Å². The van der Waals surface area contributed by atoms with Gasteiger partial charge < -0.3 is 24.7 Å². The van der Waals surface area contributed by atoms with Crippen molar-refractivity contribution in [2.45, 2.75) is 50.7 Å². The molecule has 2 aliphatic rings. The van der Waals surface area contributed by atoms with Crippen LogP contribution in [-0.2, 0) is 4.74 Å². The Labute approximate surface area is 218 Å². The average Bonchev–Trinajstić information content (AvgIpc) is 3.27. The number of ether oxygens (including phenoxy) is 2. The number of amides is 1. The number of nitrogens with one attached hydrogen (secondary N) is 2. The summed E-state index contributed by atoms with van der Waals surface area (Å²) in [5.74, 6) is 0.394. The Hall–Kier alpha value is -2.89. The van der Waals surface area contributed by atoms with Crippen molar-refractivity contribution in [1.82, 2.24) is 25.2 Å². The first-order valence-corrected chi connectivity index (χ1v) is 12.0. The summed E-state index contributed by atoms with van der Waals surface area (Å²) in [4.78, 5) is 27.3. The normalized spacial score (nSPS) is 20.5. The zero-order valence-corrected chi connectivity index (χ0v) is 21.3. The predicted octanol–water partition coefficient (Wildman–Crippen LogP) is 4.74. The zero-order valence-electron chi connectivity index (χ0n) is 20.5. The molecule has 12 heteroatoms. The van der Waals surface area contributed by atoms with Gasteiger partial charge in [0.15, 0.2) is 5.65 Å². The van der Waals surface area contributed by atoms with Gasteiger partial charge in [0.05, 0.1) is 5.60 Å². The van der Waals surface area contributed by atoms with Crippen molar-refractivity contribution >= 4 is 29.5 Å². The molecule has 2 aliphatic heterocycles.